The Bertz CT molecular complexity index is 1220. The lowest BCUT2D eigenvalue weighted by Crippen LogP contribution is -2.31. The standard InChI is InChI=1S/C24H18F2N4O/c25-20-9-7-19(8-10-20)24(13-30-16-27-15-28-30)14-31-23(29-24)18-6-11-21(22(26)12-18)17-4-2-1-3-5-17/h1-12,15-16H,13-14H2. The fourth-order valence-electron chi connectivity index (χ4n) is 3.76. The Balaban J connectivity index is 1.53. The number of ether oxygens (including phenoxy) is 1. The van der Waals surface area contributed by atoms with Crippen LogP contribution in [0.2, 0.25) is 0 Å². The normalized spacial score (nSPS) is 17.9. The molecule has 1 aliphatic rings. The Morgan fingerprint density at radius 1 is 0.935 bits per heavy atom. The highest BCUT2D eigenvalue weighted by Crippen LogP contribution is 2.35. The number of hydrogen-bond donors (Lipinski definition) is 0. The molecule has 0 bridgehead atoms. The van der Waals surface area contributed by atoms with Crippen LogP contribution in [0.5, 0.6) is 0 Å². The molecule has 0 amide bonds. The van der Waals surface area contributed by atoms with Crippen LogP contribution < -0.4 is 0 Å². The van der Waals surface area contributed by atoms with Gasteiger partial charge in [-0.15, -0.1) is 0 Å². The smallest absolute Gasteiger partial charge is 0.217 e. The van der Waals surface area contributed by atoms with Gasteiger partial charge in [-0.05, 0) is 35.4 Å². The highest BCUT2D eigenvalue weighted by Gasteiger charge is 2.40. The molecule has 1 aliphatic heterocycles. The van der Waals surface area contributed by atoms with E-state index in [4.69, 9.17) is 9.73 Å². The van der Waals surface area contributed by atoms with E-state index in [1.807, 2.05) is 30.3 Å². The minimum absolute atomic E-state index is 0.218. The average molecular weight is 416 g/mol. The van der Waals surface area contributed by atoms with Crippen molar-refractivity contribution >= 4 is 5.90 Å². The third kappa shape index (κ3) is 3.70. The van der Waals surface area contributed by atoms with Crippen molar-refractivity contribution in [1.29, 1.82) is 0 Å². The summed E-state index contributed by atoms with van der Waals surface area (Å²) in [7, 11) is 0. The van der Waals surface area contributed by atoms with E-state index < -0.39 is 5.54 Å². The van der Waals surface area contributed by atoms with Crippen LogP contribution in [0.15, 0.2) is 90.4 Å². The highest BCUT2D eigenvalue weighted by atomic mass is 19.1. The summed E-state index contributed by atoms with van der Waals surface area (Å²) in [5, 5.41) is 4.17. The van der Waals surface area contributed by atoms with E-state index in [2.05, 4.69) is 10.1 Å². The molecule has 0 fully saturated rings. The van der Waals surface area contributed by atoms with E-state index in [0.717, 1.165) is 11.1 Å². The summed E-state index contributed by atoms with van der Waals surface area (Å²) in [6.07, 6.45) is 3.03. The van der Waals surface area contributed by atoms with Crippen molar-refractivity contribution in [3.8, 4) is 11.1 Å². The van der Waals surface area contributed by atoms with E-state index >= 15 is 0 Å². The first-order chi connectivity index (χ1) is 15.1. The SMILES string of the molecule is Fc1ccc(C2(Cn3cncn3)COC(c3ccc(-c4ccccc4)c(F)c3)=N2)cc1. The second kappa shape index (κ2) is 7.75. The molecule has 1 aromatic heterocycles. The van der Waals surface area contributed by atoms with Gasteiger partial charge >= 0.3 is 0 Å². The predicted octanol–water partition coefficient (Wildman–Crippen LogP) is 4.60. The highest BCUT2D eigenvalue weighted by molar-refractivity contribution is 5.96. The van der Waals surface area contributed by atoms with Crippen molar-refractivity contribution in [2.45, 2.75) is 12.1 Å². The summed E-state index contributed by atoms with van der Waals surface area (Å²) >= 11 is 0. The summed E-state index contributed by atoms with van der Waals surface area (Å²) in [5.41, 5.74) is 1.80. The monoisotopic (exact) mass is 416 g/mol. The molecule has 31 heavy (non-hydrogen) atoms. The van der Waals surface area contributed by atoms with Crippen LogP contribution in [0.25, 0.3) is 11.1 Å². The maximum absolute atomic E-state index is 14.9. The maximum Gasteiger partial charge on any atom is 0.217 e. The molecule has 0 saturated carbocycles. The second-order valence-corrected chi connectivity index (χ2v) is 7.40. The Kier molecular flexibility index (Phi) is 4.78. The van der Waals surface area contributed by atoms with Crippen LogP contribution in [0.1, 0.15) is 11.1 Å². The van der Waals surface area contributed by atoms with Gasteiger partial charge in [-0.1, -0.05) is 48.5 Å². The largest absolute Gasteiger partial charge is 0.474 e. The summed E-state index contributed by atoms with van der Waals surface area (Å²) in [5.74, 6) is -0.352. The zero-order chi connectivity index (χ0) is 21.3. The van der Waals surface area contributed by atoms with Gasteiger partial charge in [0.25, 0.3) is 0 Å². The van der Waals surface area contributed by atoms with Gasteiger partial charge in [0, 0.05) is 11.1 Å². The number of halogens is 2. The zero-order valence-electron chi connectivity index (χ0n) is 16.5. The van der Waals surface area contributed by atoms with Crippen molar-refractivity contribution in [2.75, 3.05) is 6.61 Å². The van der Waals surface area contributed by atoms with Crippen LogP contribution >= 0.6 is 0 Å². The minimum atomic E-state index is -0.828. The molecule has 1 unspecified atom stereocenters. The van der Waals surface area contributed by atoms with Gasteiger partial charge in [-0.3, -0.25) is 4.68 Å². The second-order valence-electron chi connectivity index (χ2n) is 7.40. The molecule has 2 heterocycles. The van der Waals surface area contributed by atoms with Gasteiger partial charge < -0.3 is 4.74 Å². The summed E-state index contributed by atoms with van der Waals surface area (Å²) < 4.78 is 36.0. The minimum Gasteiger partial charge on any atom is -0.474 e. The molecule has 4 aromatic rings. The van der Waals surface area contributed by atoms with Gasteiger partial charge in [0.2, 0.25) is 5.90 Å². The molecule has 7 heteroatoms. The van der Waals surface area contributed by atoms with Crippen LogP contribution in [-0.2, 0) is 16.8 Å². The van der Waals surface area contributed by atoms with Crippen molar-refractivity contribution in [3.05, 3.63) is 108 Å². The van der Waals surface area contributed by atoms with Gasteiger partial charge in [0.1, 0.15) is 36.4 Å². The Labute approximate surface area is 177 Å². The lowest BCUT2D eigenvalue weighted by molar-refractivity contribution is 0.230. The molecule has 3 aromatic carbocycles. The molecule has 0 radical (unpaired) electrons. The van der Waals surface area contributed by atoms with E-state index in [0.29, 0.717) is 23.6 Å². The van der Waals surface area contributed by atoms with Gasteiger partial charge in [0.15, 0.2) is 0 Å². The molecular weight excluding hydrogens is 398 g/mol. The van der Waals surface area contributed by atoms with Crippen LogP contribution in [-0.4, -0.2) is 27.3 Å². The number of nitrogens with zero attached hydrogens (tertiary/aromatic N) is 4. The van der Waals surface area contributed by atoms with Crippen molar-refractivity contribution in [3.63, 3.8) is 0 Å². The van der Waals surface area contributed by atoms with Crippen LogP contribution in [0, 0.1) is 11.6 Å². The molecule has 1 atom stereocenters. The van der Waals surface area contributed by atoms with E-state index in [9.17, 15) is 8.78 Å². The number of aromatic nitrogens is 3. The summed E-state index contributed by atoms with van der Waals surface area (Å²) in [4.78, 5) is 8.81. The van der Waals surface area contributed by atoms with E-state index in [1.165, 1.54) is 24.5 Å². The first kappa shape index (κ1) is 19.1. The van der Waals surface area contributed by atoms with Crippen molar-refractivity contribution in [2.24, 2.45) is 4.99 Å². The van der Waals surface area contributed by atoms with Crippen molar-refractivity contribution in [1.82, 2.24) is 14.8 Å². The molecule has 0 N–H and O–H groups in total. The lowest BCUT2D eigenvalue weighted by Gasteiger charge is -2.24. The molecule has 5 nitrogen and oxygen atoms in total. The van der Waals surface area contributed by atoms with Crippen LogP contribution in [0.3, 0.4) is 0 Å². The maximum atomic E-state index is 14.9. The van der Waals surface area contributed by atoms with Gasteiger partial charge in [-0.25, -0.2) is 18.8 Å². The molecular formula is C24H18F2N4O. The average Bonchev–Trinajstić information content (AvgIpc) is 3.46. The van der Waals surface area contributed by atoms with Crippen molar-refractivity contribution < 1.29 is 13.5 Å². The molecule has 154 valence electrons. The van der Waals surface area contributed by atoms with E-state index in [-0.39, 0.29) is 18.2 Å². The van der Waals surface area contributed by atoms with Gasteiger partial charge in [0.05, 0.1) is 6.54 Å². The molecule has 0 saturated heterocycles. The summed E-state index contributed by atoms with van der Waals surface area (Å²) in [6, 6.07) is 20.4. The topological polar surface area (TPSA) is 52.3 Å². The fraction of sp³-hybridized carbons (Fsp3) is 0.125. The molecule has 0 aliphatic carbocycles. The fourth-order valence-corrected chi connectivity index (χ4v) is 3.76. The quantitative estimate of drug-likeness (QED) is 0.478. The Hall–Kier alpha value is -3.87. The third-order valence-corrected chi connectivity index (χ3v) is 5.34. The van der Waals surface area contributed by atoms with Gasteiger partial charge in [-0.2, -0.15) is 5.10 Å². The van der Waals surface area contributed by atoms with E-state index in [1.54, 1.807) is 35.3 Å². The first-order valence-corrected chi connectivity index (χ1v) is 9.79. The van der Waals surface area contributed by atoms with Crippen LogP contribution in [0.4, 0.5) is 8.78 Å². The Morgan fingerprint density at radius 2 is 1.74 bits per heavy atom. The predicted molar refractivity (Wildman–Crippen MR) is 112 cm³/mol. The molecule has 0 spiro atoms. The number of hydrogen-bond acceptors (Lipinski definition) is 4. The number of benzene rings is 3. The number of rotatable bonds is 5. The first-order valence-electron chi connectivity index (χ1n) is 9.79. The Morgan fingerprint density at radius 3 is 2.45 bits per heavy atom. The lowest BCUT2D eigenvalue weighted by atomic mass is 9.91. The third-order valence-electron chi connectivity index (χ3n) is 5.34. The zero-order valence-corrected chi connectivity index (χ0v) is 16.5. The summed E-state index contributed by atoms with van der Waals surface area (Å²) in [6.45, 7) is 0.572. The molecule has 5 rings (SSSR count). The number of aliphatic imine (C=N–C) groups is 1.